The molecule has 0 heterocycles. The van der Waals surface area contributed by atoms with Crippen LogP contribution in [0.25, 0.3) is 0 Å². The lowest BCUT2D eigenvalue weighted by Gasteiger charge is -2.31. The van der Waals surface area contributed by atoms with Gasteiger partial charge >= 0.3 is 0 Å². The minimum Gasteiger partial charge on any atom is -0.370 e. The van der Waals surface area contributed by atoms with Crippen molar-refractivity contribution in [2.45, 2.75) is 53.1 Å². The van der Waals surface area contributed by atoms with E-state index in [1.165, 1.54) is 0 Å². The van der Waals surface area contributed by atoms with Crippen LogP contribution in [0.4, 0.5) is 0 Å². The molecule has 0 aromatic carbocycles. The number of carbonyl (C=O) groups excluding carboxylic acids is 2. The number of amides is 1. The van der Waals surface area contributed by atoms with Gasteiger partial charge in [-0.3, -0.25) is 9.59 Å². The summed E-state index contributed by atoms with van der Waals surface area (Å²) < 4.78 is 0. The van der Waals surface area contributed by atoms with Crippen LogP contribution in [0.2, 0.25) is 0 Å². The van der Waals surface area contributed by atoms with Gasteiger partial charge in [0.1, 0.15) is 6.54 Å². The smallest absolute Gasteiger partial charge is 0.241 e. The summed E-state index contributed by atoms with van der Waals surface area (Å²) in [6.07, 6.45) is 0. The number of nitrogens with one attached hydrogen (secondary N) is 2. The van der Waals surface area contributed by atoms with Crippen molar-refractivity contribution in [3.05, 3.63) is 0 Å². The maximum atomic E-state index is 12.4. The summed E-state index contributed by atoms with van der Waals surface area (Å²) in [5.41, 5.74) is 9.60. The largest absolute Gasteiger partial charge is 0.370 e. The van der Waals surface area contributed by atoms with E-state index >= 15 is 0 Å². The number of hydrogen-bond donors (Lipinski definition) is 4. The maximum Gasteiger partial charge on any atom is 0.241 e. The molecular weight excluding hydrogens is 270 g/mol. The molecule has 6 N–H and O–H groups in total. The van der Waals surface area contributed by atoms with Gasteiger partial charge < -0.3 is 22.1 Å². The van der Waals surface area contributed by atoms with Crippen molar-refractivity contribution in [1.82, 2.24) is 10.6 Å². The summed E-state index contributed by atoms with van der Waals surface area (Å²) in [5.74, 6) is -0.425. The Kier molecular flexibility index (Phi) is 6.82. The van der Waals surface area contributed by atoms with E-state index in [0.29, 0.717) is 0 Å². The zero-order valence-electron chi connectivity index (χ0n) is 13.9. The monoisotopic (exact) mass is 299 g/mol. The van der Waals surface area contributed by atoms with Crippen molar-refractivity contribution >= 4 is 17.6 Å². The van der Waals surface area contributed by atoms with E-state index in [-0.39, 0.29) is 36.3 Å². The first kappa shape index (κ1) is 19.4. The van der Waals surface area contributed by atoms with E-state index in [1.54, 1.807) is 0 Å². The molecule has 0 fully saturated rings. The molecule has 0 aliphatic rings. The predicted octanol–water partition coefficient (Wildman–Crippen LogP) is -0.252. The summed E-state index contributed by atoms with van der Waals surface area (Å²) in [4.78, 5) is 27.7. The average molecular weight is 299 g/mol. The number of ketones is 1. The Morgan fingerprint density at radius 2 is 1.62 bits per heavy atom. The Labute approximate surface area is 126 Å². The number of carbonyl (C=O) groups is 2. The molecule has 0 aliphatic carbocycles. The number of guanidine groups is 1. The maximum absolute atomic E-state index is 12.4. The molecule has 0 radical (unpaired) electrons. The van der Waals surface area contributed by atoms with Crippen molar-refractivity contribution in [2.24, 2.45) is 21.9 Å². The van der Waals surface area contributed by atoms with Gasteiger partial charge in [0, 0.05) is 17.5 Å². The fourth-order valence-corrected chi connectivity index (χ4v) is 1.69. The number of nitrogens with zero attached hydrogens (tertiary/aromatic N) is 1. The summed E-state index contributed by atoms with van der Waals surface area (Å²) in [6.45, 7) is 11.5. The molecule has 7 heteroatoms. The molecule has 0 aromatic heterocycles. The highest BCUT2D eigenvalue weighted by molar-refractivity contribution is 5.90. The highest BCUT2D eigenvalue weighted by atomic mass is 16.2. The molecule has 0 rings (SSSR count). The predicted molar refractivity (Wildman–Crippen MR) is 84.8 cm³/mol. The molecule has 1 amide bonds. The molecular formula is C14H29N5O2. The lowest BCUT2D eigenvalue weighted by Crippen LogP contribution is -2.55. The first-order valence-corrected chi connectivity index (χ1v) is 6.97. The Morgan fingerprint density at radius 1 is 1.10 bits per heavy atom. The van der Waals surface area contributed by atoms with Crippen molar-refractivity contribution in [1.29, 1.82) is 0 Å². The fraction of sp³-hybridized carbons (Fsp3) is 0.786. The van der Waals surface area contributed by atoms with E-state index in [0.717, 1.165) is 0 Å². The average Bonchev–Trinajstić information content (AvgIpc) is 2.28. The van der Waals surface area contributed by atoms with Gasteiger partial charge in [-0.05, 0) is 20.8 Å². The minimum atomic E-state index is -0.493. The Morgan fingerprint density at radius 3 is 2.00 bits per heavy atom. The van der Waals surface area contributed by atoms with Crippen LogP contribution in [0.3, 0.4) is 0 Å². The first-order chi connectivity index (χ1) is 9.33. The molecule has 0 saturated heterocycles. The lowest BCUT2D eigenvalue weighted by molar-refractivity contribution is -0.129. The third kappa shape index (κ3) is 9.01. The van der Waals surface area contributed by atoms with Crippen LogP contribution in [0.5, 0.6) is 0 Å². The van der Waals surface area contributed by atoms with Gasteiger partial charge in [-0.1, -0.05) is 20.8 Å². The zero-order chi connectivity index (χ0) is 16.8. The number of hydrogen-bond acceptors (Lipinski definition) is 4. The van der Waals surface area contributed by atoms with Gasteiger partial charge in [0.25, 0.3) is 0 Å². The molecule has 0 aromatic rings. The van der Waals surface area contributed by atoms with Crippen LogP contribution in [-0.2, 0) is 9.59 Å². The van der Waals surface area contributed by atoms with Crippen molar-refractivity contribution < 1.29 is 9.59 Å². The van der Waals surface area contributed by atoms with E-state index in [2.05, 4.69) is 15.6 Å². The second-order valence-electron chi connectivity index (χ2n) is 7.11. The minimum absolute atomic E-state index is 0.0413. The van der Waals surface area contributed by atoms with Crippen molar-refractivity contribution in [3.8, 4) is 0 Å². The van der Waals surface area contributed by atoms with E-state index in [1.807, 2.05) is 41.5 Å². The van der Waals surface area contributed by atoms with Crippen molar-refractivity contribution in [2.75, 3.05) is 13.1 Å². The van der Waals surface area contributed by atoms with Gasteiger partial charge in [0.2, 0.25) is 5.91 Å². The number of aliphatic imine (C=N–C) groups is 1. The third-order valence-electron chi connectivity index (χ3n) is 2.57. The normalized spacial score (nSPS) is 13.4. The summed E-state index contributed by atoms with van der Waals surface area (Å²) in [6, 6.07) is -0.465. The number of rotatable bonds is 6. The van der Waals surface area contributed by atoms with Crippen LogP contribution >= 0.6 is 0 Å². The third-order valence-corrected chi connectivity index (χ3v) is 2.57. The zero-order valence-corrected chi connectivity index (χ0v) is 13.9. The molecule has 0 aliphatic heterocycles. The molecule has 21 heavy (non-hydrogen) atoms. The van der Waals surface area contributed by atoms with Crippen LogP contribution in [0.15, 0.2) is 4.99 Å². The van der Waals surface area contributed by atoms with E-state index in [9.17, 15) is 9.59 Å². The summed E-state index contributed by atoms with van der Waals surface area (Å²) >= 11 is 0. The standard InChI is InChI=1S/C14H29N5O2/c1-13(2,3)11(21)9(19-14(4,5)6)7-17-10(20)8-18-12(15)16/h9,19H,7-8H2,1-6H3,(H,17,20)(H4,15,16,18)/t9-/m0/s1. The van der Waals surface area contributed by atoms with E-state index < -0.39 is 11.5 Å². The van der Waals surface area contributed by atoms with Gasteiger partial charge in [0.15, 0.2) is 11.7 Å². The Balaban J connectivity index is 4.74. The molecule has 7 nitrogen and oxygen atoms in total. The molecule has 0 bridgehead atoms. The Bertz CT molecular complexity index is 401. The second-order valence-corrected chi connectivity index (χ2v) is 7.11. The molecule has 1 atom stereocenters. The van der Waals surface area contributed by atoms with Crippen LogP contribution in [0, 0.1) is 5.41 Å². The molecule has 122 valence electrons. The van der Waals surface area contributed by atoms with E-state index in [4.69, 9.17) is 11.5 Å². The lowest BCUT2D eigenvalue weighted by atomic mass is 9.85. The molecule has 0 saturated carbocycles. The SMILES string of the molecule is CC(C)(C)N[C@@H](CNC(=O)CN=C(N)N)C(=O)C(C)(C)C. The highest BCUT2D eigenvalue weighted by Gasteiger charge is 2.32. The van der Waals surface area contributed by atoms with Gasteiger partial charge in [-0.25, -0.2) is 4.99 Å². The Hall–Kier alpha value is -1.63. The van der Waals surface area contributed by atoms with Gasteiger partial charge in [-0.2, -0.15) is 0 Å². The van der Waals surface area contributed by atoms with Crippen LogP contribution in [0.1, 0.15) is 41.5 Å². The molecule has 0 unspecified atom stereocenters. The summed E-state index contributed by atoms with van der Waals surface area (Å²) in [7, 11) is 0. The second kappa shape index (κ2) is 7.40. The van der Waals surface area contributed by atoms with Gasteiger partial charge in [-0.15, -0.1) is 0 Å². The van der Waals surface area contributed by atoms with Crippen molar-refractivity contribution in [3.63, 3.8) is 0 Å². The summed E-state index contributed by atoms with van der Waals surface area (Å²) in [5, 5.41) is 5.91. The number of Topliss-reactive ketones (excluding diaryl/α,β-unsaturated/α-hetero) is 1. The van der Waals surface area contributed by atoms with Crippen LogP contribution < -0.4 is 22.1 Å². The quantitative estimate of drug-likeness (QED) is 0.398. The molecule has 0 spiro atoms. The van der Waals surface area contributed by atoms with Gasteiger partial charge in [0.05, 0.1) is 6.04 Å². The number of nitrogens with two attached hydrogens (primary N) is 2. The fourth-order valence-electron chi connectivity index (χ4n) is 1.69. The van der Waals surface area contributed by atoms with Crippen LogP contribution in [-0.4, -0.2) is 42.3 Å². The highest BCUT2D eigenvalue weighted by Crippen LogP contribution is 2.18. The first-order valence-electron chi connectivity index (χ1n) is 6.97. The topological polar surface area (TPSA) is 123 Å².